The van der Waals surface area contributed by atoms with Crippen LogP contribution in [-0.4, -0.2) is 15.7 Å². The minimum Gasteiger partial charge on any atom is -0.360 e. The van der Waals surface area contributed by atoms with Crippen LogP contribution in [0.25, 0.3) is 10.9 Å². The summed E-state index contributed by atoms with van der Waals surface area (Å²) in [6.07, 6.45) is 2.77. The lowest BCUT2D eigenvalue weighted by atomic mass is 10.0. The van der Waals surface area contributed by atoms with Gasteiger partial charge < -0.3 is 4.98 Å². The van der Waals surface area contributed by atoms with Gasteiger partial charge in [0, 0.05) is 24.2 Å². The van der Waals surface area contributed by atoms with Crippen molar-refractivity contribution in [1.82, 2.24) is 4.98 Å². The van der Waals surface area contributed by atoms with Crippen LogP contribution in [0.1, 0.15) is 37.0 Å². The predicted octanol–water partition coefficient (Wildman–Crippen LogP) is 3.70. The summed E-state index contributed by atoms with van der Waals surface area (Å²) in [6, 6.07) is 4.77. The van der Waals surface area contributed by atoms with Crippen molar-refractivity contribution in [2.75, 3.05) is 0 Å². The number of fused-ring (bicyclic) bond motifs is 1. The second-order valence-corrected chi connectivity index (χ2v) is 5.01. The van der Waals surface area contributed by atoms with Gasteiger partial charge >= 0.3 is 0 Å². The third-order valence-electron chi connectivity index (χ3n) is 3.13. The van der Waals surface area contributed by atoms with Crippen LogP contribution in [0.4, 0.5) is 5.69 Å². The van der Waals surface area contributed by atoms with Crippen LogP contribution in [0.15, 0.2) is 24.4 Å². The number of carbonyl (C=O) groups excluding carboxylic acids is 1. The number of benzene rings is 1. The van der Waals surface area contributed by atoms with E-state index in [4.69, 9.17) is 0 Å². The minimum atomic E-state index is -0.449. The highest BCUT2D eigenvalue weighted by molar-refractivity contribution is 6.10. The van der Waals surface area contributed by atoms with E-state index < -0.39 is 4.92 Å². The number of Topliss-reactive ketones (excluding diaryl/α,β-unsaturated/α-hetero) is 1. The molecular formula is C14H16N2O3. The van der Waals surface area contributed by atoms with Crippen molar-refractivity contribution in [1.29, 1.82) is 0 Å². The minimum absolute atomic E-state index is 0.0216. The number of hydrogen-bond acceptors (Lipinski definition) is 3. The van der Waals surface area contributed by atoms with E-state index in [1.165, 1.54) is 6.07 Å². The highest BCUT2D eigenvalue weighted by Crippen LogP contribution is 2.29. The molecule has 1 N–H and O–H groups in total. The van der Waals surface area contributed by atoms with Crippen LogP contribution in [-0.2, 0) is 0 Å². The number of carbonyl (C=O) groups is 1. The molecule has 0 aliphatic heterocycles. The molecule has 5 heteroatoms. The lowest BCUT2D eigenvalue weighted by molar-refractivity contribution is -0.383. The fourth-order valence-electron chi connectivity index (χ4n) is 2.09. The second kappa shape index (κ2) is 5.22. The number of nitro groups is 1. The molecule has 0 unspecified atom stereocenters. The monoisotopic (exact) mass is 260 g/mol. The molecule has 1 aromatic heterocycles. The van der Waals surface area contributed by atoms with Crippen LogP contribution in [0.2, 0.25) is 0 Å². The number of non-ortho nitro benzene ring substituents is 1. The van der Waals surface area contributed by atoms with E-state index in [1.807, 2.05) is 13.8 Å². The number of H-pyrrole nitrogens is 1. The molecule has 0 aliphatic rings. The van der Waals surface area contributed by atoms with Gasteiger partial charge in [-0.3, -0.25) is 14.9 Å². The fraction of sp³-hybridized carbons (Fsp3) is 0.357. The summed E-state index contributed by atoms with van der Waals surface area (Å²) in [6.45, 7) is 4.09. The van der Waals surface area contributed by atoms with Gasteiger partial charge in [-0.2, -0.15) is 0 Å². The lowest BCUT2D eigenvalue weighted by Crippen LogP contribution is -2.01. The van der Waals surface area contributed by atoms with E-state index in [2.05, 4.69) is 4.98 Å². The molecule has 0 aliphatic carbocycles. The number of ketones is 1. The Morgan fingerprint density at radius 1 is 1.42 bits per heavy atom. The zero-order valence-corrected chi connectivity index (χ0v) is 11.0. The molecule has 0 atom stereocenters. The number of aromatic amines is 1. The van der Waals surface area contributed by atoms with Crippen molar-refractivity contribution in [3.63, 3.8) is 0 Å². The molecule has 2 rings (SSSR count). The molecule has 0 saturated carbocycles. The number of nitrogens with one attached hydrogen (secondary N) is 1. The molecule has 5 nitrogen and oxygen atoms in total. The first kappa shape index (κ1) is 13.3. The molecule has 100 valence electrons. The van der Waals surface area contributed by atoms with Gasteiger partial charge in [-0.1, -0.05) is 19.9 Å². The summed E-state index contributed by atoms with van der Waals surface area (Å²) in [5.41, 5.74) is 1.02. The first-order chi connectivity index (χ1) is 9.00. The molecule has 0 radical (unpaired) electrons. The summed E-state index contributed by atoms with van der Waals surface area (Å²) in [7, 11) is 0. The summed E-state index contributed by atoms with van der Waals surface area (Å²) < 4.78 is 0. The SMILES string of the molecule is CC(C)CCC(=O)c1c[nH]c2cccc([N+](=O)[O-])c12. The third kappa shape index (κ3) is 2.65. The van der Waals surface area contributed by atoms with Crippen LogP contribution < -0.4 is 0 Å². The smallest absolute Gasteiger partial charge is 0.279 e. The van der Waals surface area contributed by atoms with Gasteiger partial charge in [0.1, 0.15) is 0 Å². The van der Waals surface area contributed by atoms with E-state index in [1.54, 1.807) is 18.3 Å². The van der Waals surface area contributed by atoms with Gasteiger partial charge in [-0.25, -0.2) is 0 Å². The average Bonchev–Trinajstić information content (AvgIpc) is 2.79. The molecule has 0 bridgehead atoms. The Labute approximate surface area is 110 Å². The molecule has 0 amide bonds. The van der Waals surface area contributed by atoms with Crippen molar-refractivity contribution >= 4 is 22.4 Å². The highest BCUT2D eigenvalue weighted by atomic mass is 16.6. The molecule has 19 heavy (non-hydrogen) atoms. The maximum atomic E-state index is 12.2. The van der Waals surface area contributed by atoms with Gasteiger partial charge in [0.15, 0.2) is 5.78 Å². The topological polar surface area (TPSA) is 76.0 Å². The van der Waals surface area contributed by atoms with Crippen molar-refractivity contribution < 1.29 is 9.72 Å². The van der Waals surface area contributed by atoms with E-state index in [0.717, 1.165) is 6.42 Å². The first-order valence-corrected chi connectivity index (χ1v) is 6.28. The summed E-state index contributed by atoms with van der Waals surface area (Å²) in [5, 5.41) is 11.5. The van der Waals surface area contributed by atoms with Crippen molar-refractivity contribution in [3.8, 4) is 0 Å². The summed E-state index contributed by atoms with van der Waals surface area (Å²) >= 11 is 0. The highest BCUT2D eigenvalue weighted by Gasteiger charge is 2.20. The van der Waals surface area contributed by atoms with Gasteiger partial charge in [0.05, 0.1) is 15.8 Å². The first-order valence-electron chi connectivity index (χ1n) is 6.28. The maximum Gasteiger partial charge on any atom is 0.279 e. The predicted molar refractivity (Wildman–Crippen MR) is 73.4 cm³/mol. The number of hydrogen-bond donors (Lipinski definition) is 1. The standard InChI is InChI=1S/C14H16N2O3/c1-9(2)6-7-13(17)10-8-15-11-4-3-5-12(14(10)11)16(18)19/h3-5,8-9,15H,6-7H2,1-2H3. The second-order valence-electron chi connectivity index (χ2n) is 5.01. The van der Waals surface area contributed by atoms with Gasteiger partial charge in [0.2, 0.25) is 0 Å². The third-order valence-corrected chi connectivity index (χ3v) is 3.13. The molecule has 2 aromatic rings. The molecule has 1 heterocycles. The Bertz CT molecular complexity index is 629. The quantitative estimate of drug-likeness (QED) is 0.506. The van der Waals surface area contributed by atoms with Gasteiger partial charge in [-0.15, -0.1) is 0 Å². The normalized spacial score (nSPS) is 11.1. The van der Waals surface area contributed by atoms with Crippen LogP contribution in [0.3, 0.4) is 0 Å². The van der Waals surface area contributed by atoms with Crippen LogP contribution >= 0.6 is 0 Å². The number of nitro benzene ring substituents is 1. The number of rotatable bonds is 5. The van der Waals surface area contributed by atoms with Crippen LogP contribution in [0, 0.1) is 16.0 Å². The summed E-state index contributed by atoms with van der Waals surface area (Å²) in [5.74, 6) is 0.387. The van der Waals surface area contributed by atoms with E-state index in [-0.39, 0.29) is 11.5 Å². The molecule has 0 saturated heterocycles. The Balaban J connectivity index is 2.44. The van der Waals surface area contributed by atoms with Gasteiger partial charge in [0.25, 0.3) is 5.69 Å². The van der Waals surface area contributed by atoms with Crippen molar-refractivity contribution in [3.05, 3.63) is 40.1 Å². The Morgan fingerprint density at radius 2 is 2.16 bits per heavy atom. The molecular weight excluding hydrogens is 244 g/mol. The average molecular weight is 260 g/mol. The fourth-order valence-corrected chi connectivity index (χ4v) is 2.09. The van der Waals surface area contributed by atoms with Crippen molar-refractivity contribution in [2.24, 2.45) is 5.92 Å². The molecule has 1 aromatic carbocycles. The van der Waals surface area contributed by atoms with Crippen LogP contribution in [0.5, 0.6) is 0 Å². The lowest BCUT2D eigenvalue weighted by Gasteiger charge is -2.03. The van der Waals surface area contributed by atoms with E-state index >= 15 is 0 Å². The Kier molecular flexibility index (Phi) is 3.64. The summed E-state index contributed by atoms with van der Waals surface area (Å²) in [4.78, 5) is 25.7. The zero-order chi connectivity index (χ0) is 14.0. The largest absolute Gasteiger partial charge is 0.360 e. The zero-order valence-electron chi connectivity index (χ0n) is 11.0. The van der Waals surface area contributed by atoms with Gasteiger partial charge in [-0.05, 0) is 18.4 Å². The molecule has 0 spiro atoms. The number of aromatic nitrogens is 1. The number of nitrogens with zero attached hydrogens (tertiary/aromatic N) is 1. The maximum absolute atomic E-state index is 12.2. The molecule has 0 fully saturated rings. The Hall–Kier alpha value is -2.17. The van der Waals surface area contributed by atoms with E-state index in [0.29, 0.717) is 28.8 Å². The Morgan fingerprint density at radius 3 is 2.79 bits per heavy atom. The van der Waals surface area contributed by atoms with Crippen molar-refractivity contribution in [2.45, 2.75) is 26.7 Å². The van der Waals surface area contributed by atoms with E-state index in [9.17, 15) is 14.9 Å².